The highest BCUT2D eigenvalue weighted by Crippen LogP contribution is 2.33. The molecule has 3 aromatic rings. The number of carboxylic acids is 1. The third kappa shape index (κ3) is 6.65. The molecule has 0 spiro atoms. The minimum Gasteiger partial charge on any atom is -0.481 e. The number of carbonyl (C=O) groups excluding carboxylic acids is 3. The number of nitrogens with zero attached hydrogens (tertiary/aromatic N) is 2. The van der Waals surface area contributed by atoms with E-state index in [9.17, 15) is 19.2 Å². The smallest absolute Gasteiger partial charge is 0.303 e. The molecule has 12 heteroatoms. The van der Waals surface area contributed by atoms with Gasteiger partial charge in [-0.05, 0) is 95.6 Å². The molecule has 2 heterocycles. The van der Waals surface area contributed by atoms with Crippen molar-refractivity contribution >= 4 is 63.4 Å². The predicted molar refractivity (Wildman–Crippen MR) is 158 cm³/mol. The van der Waals surface area contributed by atoms with Crippen LogP contribution in [0.2, 0.25) is 0 Å². The maximum atomic E-state index is 13.1. The SMILES string of the molecule is O=C(O)CCCN1C(=O)/C(=N\NC(=O)c2ccc(NC(=O)CCc3ccc4c(c3)OCO4)cc2)c2cc(I)ccc21. The van der Waals surface area contributed by atoms with Crippen LogP contribution in [0.4, 0.5) is 11.4 Å². The molecule has 0 atom stereocenters. The maximum absolute atomic E-state index is 13.1. The normalized spacial score (nSPS) is 14.2. The van der Waals surface area contributed by atoms with Gasteiger partial charge in [-0.3, -0.25) is 19.2 Å². The standard InChI is InChI=1S/C29H25IN4O7/c30-19-7-10-22-21(15-19)27(29(39)34(22)13-1-2-26(36)37)32-33-28(38)18-5-8-20(9-6-18)31-25(35)12-4-17-3-11-23-24(14-17)41-16-40-23/h3,5-11,14-15H,1-2,4,12-13,16H2,(H,31,35)(H,33,38)(H,36,37)/b32-27-. The van der Waals surface area contributed by atoms with Crippen LogP contribution < -0.4 is 25.1 Å². The lowest BCUT2D eigenvalue weighted by Gasteiger charge is -2.16. The van der Waals surface area contributed by atoms with Crippen molar-refractivity contribution in [3.8, 4) is 11.5 Å². The number of benzene rings is 3. The third-order valence-electron chi connectivity index (χ3n) is 6.50. The Bertz CT molecular complexity index is 1560. The highest BCUT2D eigenvalue weighted by Gasteiger charge is 2.34. The molecule has 3 aromatic carbocycles. The van der Waals surface area contributed by atoms with E-state index in [4.69, 9.17) is 14.6 Å². The zero-order chi connectivity index (χ0) is 28.9. The summed E-state index contributed by atoms with van der Waals surface area (Å²) in [7, 11) is 0. The lowest BCUT2D eigenvalue weighted by Crippen LogP contribution is -2.32. The molecule has 2 aliphatic rings. The van der Waals surface area contributed by atoms with Crippen LogP contribution in [0, 0.1) is 3.57 Å². The number of hydrazone groups is 1. The van der Waals surface area contributed by atoms with Crippen LogP contribution in [-0.4, -0.2) is 47.8 Å². The number of halogens is 1. The summed E-state index contributed by atoms with van der Waals surface area (Å²) < 4.78 is 11.6. The number of carbonyl (C=O) groups is 4. The molecule has 3 amide bonds. The van der Waals surface area contributed by atoms with Crippen molar-refractivity contribution in [3.05, 3.63) is 80.9 Å². The lowest BCUT2D eigenvalue weighted by atomic mass is 10.1. The highest BCUT2D eigenvalue weighted by atomic mass is 127. The van der Waals surface area contributed by atoms with Crippen LogP contribution in [0.1, 0.15) is 40.7 Å². The van der Waals surface area contributed by atoms with Gasteiger partial charge in [0.2, 0.25) is 12.7 Å². The predicted octanol–water partition coefficient (Wildman–Crippen LogP) is 3.94. The monoisotopic (exact) mass is 668 g/mol. The molecule has 0 unspecified atom stereocenters. The van der Waals surface area contributed by atoms with E-state index >= 15 is 0 Å². The lowest BCUT2D eigenvalue weighted by molar-refractivity contribution is -0.137. The molecule has 2 aliphatic heterocycles. The fourth-order valence-corrected chi connectivity index (χ4v) is 4.95. The number of carboxylic acid groups (broad SMARTS) is 1. The highest BCUT2D eigenvalue weighted by molar-refractivity contribution is 14.1. The largest absolute Gasteiger partial charge is 0.481 e. The van der Waals surface area contributed by atoms with Crippen molar-refractivity contribution in [2.45, 2.75) is 25.7 Å². The van der Waals surface area contributed by atoms with Gasteiger partial charge in [0, 0.05) is 39.8 Å². The molecule has 0 bridgehead atoms. The van der Waals surface area contributed by atoms with E-state index in [1.165, 1.54) is 4.90 Å². The Morgan fingerprint density at radius 1 is 0.976 bits per heavy atom. The van der Waals surface area contributed by atoms with Gasteiger partial charge >= 0.3 is 5.97 Å². The first kappa shape index (κ1) is 28.1. The van der Waals surface area contributed by atoms with Gasteiger partial charge in [-0.2, -0.15) is 5.10 Å². The first-order valence-corrected chi connectivity index (χ1v) is 13.9. The number of hydrogen-bond donors (Lipinski definition) is 3. The van der Waals surface area contributed by atoms with Crippen LogP contribution >= 0.6 is 22.6 Å². The molecule has 0 aromatic heterocycles. The Morgan fingerprint density at radius 2 is 1.76 bits per heavy atom. The first-order valence-electron chi connectivity index (χ1n) is 12.8. The van der Waals surface area contributed by atoms with Gasteiger partial charge in [-0.15, -0.1) is 0 Å². The number of amides is 3. The van der Waals surface area contributed by atoms with E-state index in [1.807, 2.05) is 24.3 Å². The summed E-state index contributed by atoms with van der Waals surface area (Å²) in [5.41, 5.74) is 5.49. The average molecular weight is 668 g/mol. The first-order chi connectivity index (χ1) is 19.8. The van der Waals surface area contributed by atoms with Crippen molar-refractivity contribution in [2.24, 2.45) is 5.10 Å². The van der Waals surface area contributed by atoms with E-state index in [2.05, 4.69) is 38.4 Å². The molecule has 0 fully saturated rings. The molecule has 11 nitrogen and oxygen atoms in total. The van der Waals surface area contributed by atoms with E-state index in [1.54, 1.807) is 36.4 Å². The molecular weight excluding hydrogens is 643 g/mol. The average Bonchev–Trinajstić information content (AvgIpc) is 3.52. The summed E-state index contributed by atoms with van der Waals surface area (Å²) >= 11 is 2.12. The number of hydrogen-bond acceptors (Lipinski definition) is 7. The molecule has 0 saturated carbocycles. The number of ether oxygens (including phenoxy) is 2. The second kappa shape index (κ2) is 12.4. The Kier molecular flexibility index (Phi) is 8.47. The summed E-state index contributed by atoms with van der Waals surface area (Å²) in [6.45, 7) is 0.413. The Labute approximate surface area is 248 Å². The van der Waals surface area contributed by atoms with E-state index < -0.39 is 17.8 Å². The number of fused-ring (bicyclic) bond motifs is 2. The fraction of sp³-hybridized carbons (Fsp3) is 0.207. The molecule has 0 aliphatic carbocycles. The Balaban J connectivity index is 1.18. The number of anilines is 2. The van der Waals surface area contributed by atoms with Crippen molar-refractivity contribution in [2.75, 3.05) is 23.6 Å². The van der Waals surface area contributed by atoms with E-state index in [0.29, 0.717) is 40.4 Å². The summed E-state index contributed by atoms with van der Waals surface area (Å²) in [4.78, 5) is 50.7. The van der Waals surface area contributed by atoms with Crippen LogP contribution in [0.3, 0.4) is 0 Å². The summed E-state index contributed by atoms with van der Waals surface area (Å²) in [6, 6.07) is 17.3. The zero-order valence-electron chi connectivity index (χ0n) is 21.7. The summed E-state index contributed by atoms with van der Waals surface area (Å²) in [5, 5.41) is 15.9. The van der Waals surface area contributed by atoms with Gasteiger partial charge in [0.05, 0.1) is 5.69 Å². The second-order valence-corrected chi connectivity index (χ2v) is 10.6. The molecule has 3 N–H and O–H groups in total. The summed E-state index contributed by atoms with van der Waals surface area (Å²) in [5.74, 6) is -0.682. The number of aliphatic carboxylic acids is 1. The minimum atomic E-state index is -0.938. The zero-order valence-corrected chi connectivity index (χ0v) is 23.8. The van der Waals surface area contributed by atoms with Crippen molar-refractivity contribution in [1.82, 2.24) is 5.43 Å². The van der Waals surface area contributed by atoms with Crippen molar-refractivity contribution in [1.29, 1.82) is 0 Å². The number of rotatable bonds is 10. The molecule has 0 radical (unpaired) electrons. The molecule has 5 rings (SSSR count). The van der Waals surface area contributed by atoms with Gasteiger partial charge < -0.3 is 24.8 Å². The van der Waals surface area contributed by atoms with Crippen LogP contribution in [0.5, 0.6) is 11.5 Å². The number of aryl methyl sites for hydroxylation is 1. The quantitative estimate of drug-likeness (QED) is 0.219. The fourth-order valence-electron chi connectivity index (χ4n) is 4.46. The Morgan fingerprint density at radius 3 is 2.54 bits per heavy atom. The summed E-state index contributed by atoms with van der Waals surface area (Å²) in [6.07, 6.45) is 1.01. The maximum Gasteiger partial charge on any atom is 0.303 e. The van der Waals surface area contributed by atoms with Gasteiger partial charge in [0.1, 0.15) is 0 Å². The third-order valence-corrected chi connectivity index (χ3v) is 7.17. The van der Waals surface area contributed by atoms with Gasteiger partial charge in [-0.1, -0.05) is 6.07 Å². The van der Waals surface area contributed by atoms with Gasteiger partial charge in [-0.25, -0.2) is 5.43 Å². The number of nitrogens with one attached hydrogen (secondary N) is 2. The molecule has 210 valence electrons. The van der Waals surface area contributed by atoms with Crippen molar-refractivity contribution < 1.29 is 33.8 Å². The topological polar surface area (TPSA) is 147 Å². The van der Waals surface area contributed by atoms with Crippen LogP contribution in [0.15, 0.2) is 65.8 Å². The van der Waals surface area contributed by atoms with Crippen molar-refractivity contribution in [3.63, 3.8) is 0 Å². The Hall–Kier alpha value is -4.46. The van der Waals surface area contributed by atoms with E-state index in [-0.39, 0.29) is 44.2 Å². The van der Waals surface area contributed by atoms with Crippen LogP contribution in [-0.2, 0) is 20.8 Å². The van der Waals surface area contributed by atoms with Crippen LogP contribution in [0.25, 0.3) is 0 Å². The van der Waals surface area contributed by atoms with E-state index in [0.717, 1.165) is 9.13 Å². The molecule has 41 heavy (non-hydrogen) atoms. The molecule has 0 saturated heterocycles. The molecular formula is C29H25IN4O7. The second-order valence-electron chi connectivity index (χ2n) is 9.33. The van der Waals surface area contributed by atoms with Gasteiger partial charge in [0.15, 0.2) is 17.2 Å². The van der Waals surface area contributed by atoms with Gasteiger partial charge in [0.25, 0.3) is 11.8 Å². The minimum absolute atomic E-state index is 0.0664.